The zero-order valence-corrected chi connectivity index (χ0v) is 11.7. The van der Waals surface area contributed by atoms with Gasteiger partial charge in [0.15, 0.2) is 0 Å². The standard InChI is InChI=1S/C15H24N2O2/c1-2-12-19-13-15(18)17(11-9-16)10-8-14-6-4-3-5-7-14/h3-7H,2,8-13,16H2,1H3. The van der Waals surface area contributed by atoms with Crippen molar-refractivity contribution in [3.05, 3.63) is 35.9 Å². The van der Waals surface area contributed by atoms with Gasteiger partial charge in [-0.05, 0) is 18.4 Å². The van der Waals surface area contributed by atoms with Crippen molar-refractivity contribution in [2.24, 2.45) is 5.73 Å². The molecule has 0 radical (unpaired) electrons. The molecule has 0 spiro atoms. The van der Waals surface area contributed by atoms with Gasteiger partial charge in [0.05, 0.1) is 0 Å². The lowest BCUT2D eigenvalue weighted by molar-refractivity contribution is -0.136. The molecule has 1 aromatic carbocycles. The second-order valence-electron chi connectivity index (χ2n) is 4.46. The van der Waals surface area contributed by atoms with E-state index in [-0.39, 0.29) is 12.5 Å². The molecule has 2 N–H and O–H groups in total. The van der Waals surface area contributed by atoms with Crippen molar-refractivity contribution in [3.8, 4) is 0 Å². The molecule has 1 aromatic rings. The van der Waals surface area contributed by atoms with Gasteiger partial charge in [-0.2, -0.15) is 0 Å². The first-order valence-corrected chi connectivity index (χ1v) is 6.87. The topological polar surface area (TPSA) is 55.6 Å². The van der Waals surface area contributed by atoms with E-state index in [9.17, 15) is 4.79 Å². The molecule has 19 heavy (non-hydrogen) atoms. The first-order valence-electron chi connectivity index (χ1n) is 6.87. The lowest BCUT2D eigenvalue weighted by atomic mass is 10.1. The molecule has 0 saturated carbocycles. The number of carbonyl (C=O) groups is 1. The van der Waals surface area contributed by atoms with Gasteiger partial charge in [-0.15, -0.1) is 0 Å². The van der Waals surface area contributed by atoms with Gasteiger partial charge >= 0.3 is 0 Å². The third-order valence-corrected chi connectivity index (χ3v) is 2.84. The number of benzene rings is 1. The van der Waals surface area contributed by atoms with Gasteiger partial charge in [0.1, 0.15) is 6.61 Å². The van der Waals surface area contributed by atoms with E-state index < -0.39 is 0 Å². The molecule has 0 saturated heterocycles. The number of nitrogens with two attached hydrogens (primary N) is 1. The van der Waals surface area contributed by atoms with Crippen LogP contribution >= 0.6 is 0 Å². The summed E-state index contributed by atoms with van der Waals surface area (Å²) in [7, 11) is 0. The maximum Gasteiger partial charge on any atom is 0.248 e. The van der Waals surface area contributed by atoms with E-state index in [1.54, 1.807) is 4.90 Å². The van der Waals surface area contributed by atoms with E-state index in [1.165, 1.54) is 5.56 Å². The van der Waals surface area contributed by atoms with Crippen LogP contribution < -0.4 is 5.73 Å². The second kappa shape index (κ2) is 9.53. The van der Waals surface area contributed by atoms with E-state index in [0.717, 1.165) is 12.8 Å². The van der Waals surface area contributed by atoms with Gasteiger partial charge in [0.25, 0.3) is 0 Å². The van der Waals surface area contributed by atoms with Crippen molar-refractivity contribution >= 4 is 5.91 Å². The highest BCUT2D eigenvalue weighted by Gasteiger charge is 2.12. The molecule has 0 aliphatic rings. The third-order valence-electron chi connectivity index (χ3n) is 2.84. The number of rotatable bonds is 9. The average molecular weight is 264 g/mol. The number of amides is 1. The summed E-state index contributed by atoms with van der Waals surface area (Å²) in [6.07, 6.45) is 1.77. The highest BCUT2D eigenvalue weighted by molar-refractivity contribution is 5.77. The van der Waals surface area contributed by atoms with Crippen LogP contribution in [0.25, 0.3) is 0 Å². The molecule has 0 fully saturated rings. The minimum atomic E-state index is 0.0230. The molecule has 0 aliphatic carbocycles. The maximum absolute atomic E-state index is 12.0. The minimum absolute atomic E-state index is 0.0230. The number of hydrogen-bond acceptors (Lipinski definition) is 3. The molecule has 0 aromatic heterocycles. The predicted molar refractivity (Wildman–Crippen MR) is 76.9 cm³/mol. The van der Waals surface area contributed by atoms with Crippen molar-refractivity contribution < 1.29 is 9.53 Å². The fraction of sp³-hybridized carbons (Fsp3) is 0.533. The third kappa shape index (κ3) is 6.36. The monoisotopic (exact) mass is 264 g/mol. The van der Waals surface area contributed by atoms with Gasteiger partial charge in [-0.1, -0.05) is 37.3 Å². The Morgan fingerprint density at radius 2 is 2.00 bits per heavy atom. The van der Waals surface area contributed by atoms with Crippen LogP contribution in [0.4, 0.5) is 0 Å². The molecule has 0 unspecified atom stereocenters. The van der Waals surface area contributed by atoms with Crippen LogP contribution in [-0.2, 0) is 16.0 Å². The molecular formula is C15H24N2O2. The number of carbonyl (C=O) groups excluding carboxylic acids is 1. The Hall–Kier alpha value is -1.39. The summed E-state index contributed by atoms with van der Waals surface area (Å²) in [4.78, 5) is 13.8. The summed E-state index contributed by atoms with van der Waals surface area (Å²) >= 11 is 0. The van der Waals surface area contributed by atoms with Crippen LogP contribution in [0.5, 0.6) is 0 Å². The first kappa shape index (κ1) is 15.7. The van der Waals surface area contributed by atoms with Gasteiger partial charge < -0.3 is 15.4 Å². The van der Waals surface area contributed by atoms with Crippen molar-refractivity contribution in [2.75, 3.05) is 32.8 Å². The van der Waals surface area contributed by atoms with Crippen LogP contribution in [0, 0.1) is 0 Å². The van der Waals surface area contributed by atoms with E-state index in [4.69, 9.17) is 10.5 Å². The number of hydrogen-bond donors (Lipinski definition) is 1. The summed E-state index contributed by atoms with van der Waals surface area (Å²) < 4.78 is 5.29. The Morgan fingerprint density at radius 3 is 2.63 bits per heavy atom. The molecule has 0 atom stereocenters. The quantitative estimate of drug-likeness (QED) is 0.687. The highest BCUT2D eigenvalue weighted by Crippen LogP contribution is 2.02. The van der Waals surface area contributed by atoms with Crippen molar-refractivity contribution in [3.63, 3.8) is 0 Å². The Kier molecular flexibility index (Phi) is 7.86. The van der Waals surface area contributed by atoms with E-state index in [0.29, 0.717) is 26.2 Å². The SMILES string of the molecule is CCCOCC(=O)N(CCN)CCc1ccccc1. The molecule has 0 aliphatic heterocycles. The van der Waals surface area contributed by atoms with Crippen LogP contribution in [0.15, 0.2) is 30.3 Å². The molecule has 1 amide bonds. The molecule has 0 heterocycles. The second-order valence-corrected chi connectivity index (χ2v) is 4.46. The van der Waals surface area contributed by atoms with Crippen LogP contribution in [-0.4, -0.2) is 43.7 Å². The van der Waals surface area contributed by atoms with Gasteiger partial charge in [0.2, 0.25) is 5.91 Å². The normalized spacial score (nSPS) is 10.4. The van der Waals surface area contributed by atoms with Crippen LogP contribution in [0.2, 0.25) is 0 Å². The summed E-state index contributed by atoms with van der Waals surface area (Å²) in [5.41, 5.74) is 6.78. The lowest BCUT2D eigenvalue weighted by Gasteiger charge is -2.22. The zero-order chi connectivity index (χ0) is 13.9. The summed E-state index contributed by atoms with van der Waals surface area (Å²) in [6, 6.07) is 10.1. The van der Waals surface area contributed by atoms with Crippen LogP contribution in [0.3, 0.4) is 0 Å². The van der Waals surface area contributed by atoms with E-state index in [2.05, 4.69) is 12.1 Å². The Morgan fingerprint density at radius 1 is 1.26 bits per heavy atom. The summed E-state index contributed by atoms with van der Waals surface area (Å²) in [5, 5.41) is 0. The van der Waals surface area contributed by atoms with Crippen molar-refractivity contribution in [1.82, 2.24) is 4.90 Å². The average Bonchev–Trinajstić information content (AvgIpc) is 2.44. The fourth-order valence-electron chi connectivity index (χ4n) is 1.82. The summed E-state index contributed by atoms with van der Waals surface area (Å²) in [6.45, 7) is 4.56. The van der Waals surface area contributed by atoms with Gasteiger partial charge in [-0.25, -0.2) is 0 Å². The number of ether oxygens (including phenoxy) is 1. The van der Waals surface area contributed by atoms with E-state index in [1.807, 2.05) is 25.1 Å². The molecule has 4 heteroatoms. The Balaban J connectivity index is 2.41. The molecule has 106 valence electrons. The van der Waals surface area contributed by atoms with Crippen molar-refractivity contribution in [2.45, 2.75) is 19.8 Å². The molecule has 0 bridgehead atoms. The Bertz CT molecular complexity index is 354. The van der Waals surface area contributed by atoms with Crippen molar-refractivity contribution in [1.29, 1.82) is 0 Å². The lowest BCUT2D eigenvalue weighted by Crippen LogP contribution is -2.39. The number of nitrogens with zero attached hydrogens (tertiary/aromatic N) is 1. The van der Waals surface area contributed by atoms with Crippen LogP contribution in [0.1, 0.15) is 18.9 Å². The largest absolute Gasteiger partial charge is 0.372 e. The van der Waals surface area contributed by atoms with Gasteiger partial charge in [-0.3, -0.25) is 4.79 Å². The maximum atomic E-state index is 12.0. The Labute approximate surface area is 115 Å². The molecule has 1 rings (SSSR count). The minimum Gasteiger partial charge on any atom is -0.372 e. The fourth-order valence-corrected chi connectivity index (χ4v) is 1.82. The summed E-state index contributed by atoms with van der Waals surface area (Å²) in [5.74, 6) is 0.0230. The zero-order valence-electron chi connectivity index (χ0n) is 11.7. The molecular weight excluding hydrogens is 240 g/mol. The first-order chi connectivity index (χ1) is 9.27. The van der Waals surface area contributed by atoms with Gasteiger partial charge in [0, 0.05) is 26.2 Å². The predicted octanol–water partition coefficient (Wildman–Crippen LogP) is 1.44. The highest BCUT2D eigenvalue weighted by atomic mass is 16.5. The van der Waals surface area contributed by atoms with E-state index >= 15 is 0 Å². The smallest absolute Gasteiger partial charge is 0.248 e. The molecule has 4 nitrogen and oxygen atoms in total.